The number of carbonyl (C=O) groups excluding carboxylic acids is 3. The maximum atomic E-state index is 13.4. The zero-order valence-electron chi connectivity index (χ0n) is 28.8. The highest BCUT2D eigenvalue weighted by Gasteiger charge is 2.31. The zero-order chi connectivity index (χ0) is 36.7. The van der Waals surface area contributed by atoms with Gasteiger partial charge in [0.25, 0.3) is 5.91 Å². The number of hydrogen-bond acceptors (Lipinski definition) is 10. The van der Waals surface area contributed by atoms with Crippen LogP contribution in [-0.4, -0.2) is 80.5 Å². The molecule has 4 amide bonds. The van der Waals surface area contributed by atoms with Crippen molar-refractivity contribution >= 4 is 64.5 Å². The number of nitrogens with zero attached hydrogens (tertiary/aromatic N) is 2. The van der Waals surface area contributed by atoms with Crippen LogP contribution in [0.5, 0.6) is 0 Å². The normalized spacial score (nSPS) is 15.9. The largest absolute Gasteiger partial charge is 0.449 e. The van der Waals surface area contributed by atoms with E-state index in [2.05, 4.69) is 26.6 Å². The number of benzene rings is 3. The van der Waals surface area contributed by atoms with Gasteiger partial charge in [0, 0.05) is 66.7 Å². The molecule has 0 aliphatic carbocycles. The second-order valence-electron chi connectivity index (χ2n) is 11.8. The fourth-order valence-corrected chi connectivity index (χ4v) is 7.05. The van der Waals surface area contributed by atoms with E-state index in [9.17, 15) is 14.4 Å². The van der Waals surface area contributed by atoms with Crippen LogP contribution >= 0.6 is 23.5 Å². The lowest BCUT2D eigenvalue weighted by Gasteiger charge is -2.21. The van der Waals surface area contributed by atoms with Gasteiger partial charge in [0.15, 0.2) is 0 Å². The first-order valence-corrected chi connectivity index (χ1v) is 18.8. The number of hydrogen-bond donors (Lipinski definition) is 7. The number of amides is 4. The van der Waals surface area contributed by atoms with Crippen LogP contribution in [0.3, 0.4) is 0 Å². The summed E-state index contributed by atoms with van der Waals surface area (Å²) in [6.07, 6.45) is 1.20. The van der Waals surface area contributed by atoms with Crippen molar-refractivity contribution in [3.8, 4) is 0 Å². The highest BCUT2D eigenvalue weighted by atomic mass is 32.2. The molecule has 52 heavy (non-hydrogen) atoms. The van der Waals surface area contributed by atoms with Gasteiger partial charge >= 0.3 is 12.1 Å². The summed E-state index contributed by atoms with van der Waals surface area (Å²) in [4.78, 5) is 45.0. The second kappa shape index (κ2) is 19.4. The summed E-state index contributed by atoms with van der Waals surface area (Å²) in [6, 6.07) is 23.7. The molecule has 3 aromatic carbocycles. The third-order valence-corrected chi connectivity index (χ3v) is 9.73. The summed E-state index contributed by atoms with van der Waals surface area (Å²) in [5, 5.41) is 25.2. The SMILES string of the molecule is CN1C(=O)[C@H](NC(=O)Nc2cccc(CCOC(=O)NCCCNCCSCC3=CS/C(=C\C(=N)N)N3)c2)N=C(c2ccccc2)c2ccccc21. The van der Waals surface area contributed by atoms with Gasteiger partial charge in [-0.25, -0.2) is 14.6 Å². The maximum absolute atomic E-state index is 13.4. The number of thioether (sulfide) groups is 2. The third-order valence-electron chi connectivity index (χ3n) is 7.85. The van der Waals surface area contributed by atoms with E-state index in [1.165, 1.54) is 16.7 Å². The molecule has 2 aliphatic heterocycles. The Bertz CT molecular complexity index is 1830. The molecule has 0 aromatic heterocycles. The van der Waals surface area contributed by atoms with Crippen LogP contribution in [0.25, 0.3) is 0 Å². The Kier molecular flexibility index (Phi) is 14.2. The van der Waals surface area contributed by atoms with Gasteiger partial charge in [0.1, 0.15) is 5.84 Å². The molecule has 8 N–H and O–H groups in total. The van der Waals surface area contributed by atoms with Crippen LogP contribution in [0.2, 0.25) is 0 Å². The topological polar surface area (TPSA) is 186 Å². The quantitative estimate of drug-likeness (QED) is 0.0627. The fourth-order valence-electron chi connectivity index (χ4n) is 5.34. The molecular formula is C37H43N9O4S2. The lowest BCUT2D eigenvalue weighted by Crippen LogP contribution is -2.47. The summed E-state index contributed by atoms with van der Waals surface area (Å²) >= 11 is 3.34. The summed E-state index contributed by atoms with van der Waals surface area (Å²) in [5.74, 6) is 1.47. The molecule has 272 valence electrons. The first kappa shape index (κ1) is 38.0. The van der Waals surface area contributed by atoms with Gasteiger partial charge in [-0.2, -0.15) is 11.8 Å². The Morgan fingerprint density at radius 1 is 1.08 bits per heavy atom. The van der Waals surface area contributed by atoms with Gasteiger partial charge in [0.05, 0.1) is 23.0 Å². The van der Waals surface area contributed by atoms with Crippen molar-refractivity contribution in [2.45, 2.75) is 19.0 Å². The Morgan fingerprint density at radius 3 is 2.71 bits per heavy atom. The van der Waals surface area contributed by atoms with Gasteiger partial charge in [-0.15, -0.1) is 0 Å². The van der Waals surface area contributed by atoms with Gasteiger partial charge in [-0.3, -0.25) is 10.2 Å². The molecular weight excluding hydrogens is 699 g/mol. The first-order valence-electron chi connectivity index (χ1n) is 16.8. The van der Waals surface area contributed by atoms with Crippen molar-refractivity contribution in [1.29, 1.82) is 5.41 Å². The van der Waals surface area contributed by atoms with E-state index >= 15 is 0 Å². The van der Waals surface area contributed by atoms with Crippen LogP contribution in [0, 0.1) is 5.41 Å². The number of carbonyl (C=O) groups is 3. The number of para-hydroxylation sites is 1. The summed E-state index contributed by atoms with van der Waals surface area (Å²) in [6.45, 7) is 2.30. The first-order chi connectivity index (χ1) is 25.3. The number of fused-ring (bicyclic) bond motifs is 1. The van der Waals surface area contributed by atoms with E-state index in [4.69, 9.17) is 20.9 Å². The third kappa shape index (κ3) is 11.4. The molecule has 0 bridgehead atoms. The number of anilines is 2. The minimum Gasteiger partial charge on any atom is -0.449 e. The molecule has 0 saturated carbocycles. The van der Waals surface area contributed by atoms with Crippen LogP contribution in [0.1, 0.15) is 23.1 Å². The molecule has 0 saturated heterocycles. The Hall–Kier alpha value is -5.25. The van der Waals surface area contributed by atoms with Crippen LogP contribution < -0.4 is 37.2 Å². The molecule has 3 aromatic rings. The fraction of sp³-hybridized carbons (Fsp3) is 0.270. The predicted molar refractivity (Wildman–Crippen MR) is 211 cm³/mol. The lowest BCUT2D eigenvalue weighted by molar-refractivity contribution is -0.119. The zero-order valence-corrected chi connectivity index (χ0v) is 30.4. The van der Waals surface area contributed by atoms with Gasteiger partial charge in [-0.05, 0) is 42.1 Å². The molecule has 2 heterocycles. The summed E-state index contributed by atoms with van der Waals surface area (Å²) < 4.78 is 5.35. The number of ether oxygens (including phenoxy) is 1. The average Bonchev–Trinajstić information content (AvgIpc) is 3.55. The van der Waals surface area contributed by atoms with Gasteiger partial charge < -0.3 is 42.0 Å². The number of likely N-dealkylation sites (N-methyl/N-ethyl adjacent to an activating group) is 1. The van der Waals surface area contributed by atoms with Crippen LogP contribution in [0.15, 0.2) is 106 Å². The van der Waals surface area contributed by atoms with E-state index in [0.717, 1.165) is 58.4 Å². The lowest BCUT2D eigenvalue weighted by atomic mass is 10.0. The van der Waals surface area contributed by atoms with Crippen molar-refractivity contribution in [1.82, 2.24) is 21.3 Å². The average molecular weight is 742 g/mol. The number of urea groups is 1. The van der Waals surface area contributed by atoms with Gasteiger partial charge in [0.2, 0.25) is 6.17 Å². The smallest absolute Gasteiger partial charge is 0.407 e. The van der Waals surface area contributed by atoms with E-state index in [-0.39, 0.29) is 18.3 Å². The number of aliphatic imine (C=N–C) groups is 1. The van der Waals surface area contributed by atoms with Crippen molar-refractivity contribution in [3.05, 3.63) is 118 Å². The number of alkyl carbamates (subject to hydrolysis) is 1. The maximum Gasteiger partial charge on any atom is 0.407 e. The van der Waals surface area contributed by atoms with Crippen molar-refractivity contribution in [2.75, 3.05) is 55.0 Å². The van der Waals surface area contributed by atoms with Crippen molar-refractivity contribution in [2.24, 2.45) is 10.7 Å². The molecule has 0 radical (unpaired) electrons. The summed E-state index contributed by atoms with van der Waals surface area (Å²) in [7, 11) is 1.67. The summed E-state index contributed by atoms with van der Waals surface area (Å²) in [5.41, 5.74) is 10.8. The number of rotatable bonds is 16. The van der Waals surface area contributed by atoms with E-state index in [0.29, 0.717) is 30.1 Å². The number of amidine groups is 1. The van der Waals surface area contributed by atoms with E-state index in [1.54, 1.807) is 43.1 Å². The van der Waals surface area contributed by atoms with Crippen LogP contribution in [-0.2, 0) is 16.0 Å². The minimum absolute atomic E-state index is 0.0322. The monoisotopic (exact) mass is 741 g/mol. The van der Waals surface area contributed by atoms with Crippen molar-refractivity contribution in [3.63, 3.8) is 0 Å². The number of benzodiazepines with no additional fused rings is 1. The number of nitrogens with two attached hydrogens (primary N) is 1. The standard InChI is InChI=1S/C37H43N9O4S2/c1-46-30-14-6-5-13-29(30)33(26-10-3-2-4-11-26)44-34(35(46)47)45-36(48)43-27-12-7-9-25(21-27)15-19-50-37(49)41-17-8-16-40-18-20-51-23-28-24-52-32(42-28)22-31(38)39/h2-7,9-14,21-22,24,34,40,42H,8,15-20,23H2,1H3,(H3,38,39)(H,41,49)(H2,43,45,48)/b32-22-/t34-/m0/s1. The molecule has 2 aliphatic rings. The Balaban J connectivity index is 0.989. The second-order valence-corrected chi connectivity index (χ2v) is 13.8. The molecule has 5 rings (SSSR count). The molecule has 15 heteroatoms. The van der Waals surface area contributed by atoms with E-state index < -0.39 is 18.3 Å². The van der Waals surface area contributed by atoms with Crippen molar-refractivity contribution < 1.29 is 19.1 Å². The van der Waals surface area contributed by atoms with Gasteiger partial charge in [-0.1, -0.05) is 72.4 Å². The van der Waals surface area contributed by atoms with Crippen LogP contribution in [0.4, 0.5) is 21.0 Å². The highest BCUT2D eigenvalue weighted by Crippen LogP contribution is 2.28. The Morgan fingerprint density at radius 2 is 1.88 bits per heavy atom. The number of nitrogens with one attached hydrogen (secondary N) is 6. The van der Waals surface area contributed by atoms with E-state index in [1.807, 2.05) is 66.1 Å². The highest BCUT2D eigenvalue weighted by molar-refractivity contribution is 8.06. The minimum atomic E-state index is -1.15. The predicted octanol–water partition coefficient (Wildman–Crippen LogP) is 4.58. The Labute approximate surface area is 311 Å². The molecule has 0 unspecified atom stereocenters. The molecule has 13 nitrogen and oxygen atoms in total. The molecule has 0 spiro atoms. The molecule has 1 atom stereocenters. The molecule has 0 fully saturated rings.